The molecule has 1 aromatic carbocycles. The van der Waals surface area contributed by atoms with E-state index in [-0.39, 0.29) is 11.4 Å². The molecule has 2 N–H and O–H groups in total. The van der Waals surface area contributed by atoms with E-state index in [0.717, 1.165) is 20.2 Å². The molecule has 0 bridgehead atoms. The van der Waals surface area contributed by atoms with Crippen LogP contribution in [0.2, 0.25) is 0 Å². The van der Waals surface area contributed by atoms with Crippen LogP contribution in [-0.2, 0) is 21.1 Å². The van der Waals surface area contributed by atoms with Crippen LogP contribution < -0.4 is 17.0 Å². The molecule has 0 radical (unpaired) electrons. The van der Waals surface area contributed by atoms with Crippen molar-refractivity contribution in [2.24, 2.45) is 21.1 Å². The summed E-state index contributed by atoms with van der Waals surface area (Å²) in [6, 6.07) is 7.65. The van der Waals surface area contributed by atoms with E-state index in [0.29, 0.717) is 5.16 Å². The number of rotatable bonds is 4. The van der Waals surface area contributed by atoms with Crippen molar-refractivity contribution in [3.8, 4) is 0 Å². The standard InChI is InChI=1S/C17H19N5O3S/c1-9(26-16-19-10-7-5-6-8-11(10)20(16)2)13(23)12-14(18)21(3)17(25)22(4)15(12)24/h5-9H,18H2,1-4H3/t9-/m0/s1. The zero-order valence-electron chi connectivity index (χ0n) is 14.9. The van der Waals surface area contributed by atoms with Crippen LogP contribution in [0.5, 0.6) is 0 Å². The molecule has 0 aliphatic rings. The molecule has 0 amide bonds. The number of anilines is 1. The van der Waals surface area contributed by atoms with Crippen molar-refractivity contribution in [1.29, 1.82) is 0 Å². The second kappa shape index (κ2) is 6.49. The highest BCUT2D eigenvalue weighted by molar-refractivity contribution is 8.00. The number of carbonyl (C=O) groups excluding carboxylic acids is 1. The van der Waals surface area contributed by atoms with Crippen LogP contribution in [0.15, 0.2) is 39.0 Å². The highest BCUT2D eigenvalue weighted by Gasteiger charge is 2.26. The van der Waals surface area contributed by atoms with Crippen LogP contribution in [0.25, 0.3) is 11.0 Å². The maximum absolute atomic E-state index is 12.9. The van der Waals surface area contributed by atoms with Gasteiger partial charge in [-0.3, -0.25) is 18.7 Å². The highest BCUT2D eigenvalue weighted by atomic mass is 32.2. The van der Waals surface area contributed by atoms with Gasteiger partial charge in [-0.2, -0.15) is 0 Å². The number of imidazole rings is 1. The van der Waals surface area contributed by atoms with E-state index in [9.17, 15) is 14.4 Å². The van der Waals surface area contributed by atoms with Crippen LogP contribution in [-0.4, -0.2) is 29.7 Å². The molecule has 0 fully saturated rings. The van der Waals surface area contributed by atoms with Crippen molar-refractivity contribution in [3.63, 3.8) is 0 Å². The predicted octanol–water partition coefficient (Wildman–Crippen LogP) is 0.916. The van der Waals surface area contributed by atoms with Gasteiger partial charge in [0, 0.05) is 21.1 Å². The van der Waals surface area contributed by atoms with Gasteiger partial charge in [-0.05, 0) is 19.1 Å². The average molecular weight is 373 g/mol. The number of ketones is 1. The number of carbonyl (C=O) groups is 1. The van der Waals surface area contributed by atoms with E-state index in [4.69, 9.17) is 5.73 Å². The fraction of sp³-hybridized carbons (Fsp3) is 0.294. The minimum absolute atomic E-state index is 0.124. The summed E-state index contributed by atoms with van der Waals surface area (Å²) in [5.41, 5.74) is 6.23. The van der Waals surface area contributed by atoms with Gasteiger partial charge in [-0.1, -0.05) is 23.9 Å². The molecule has 2 aromatic heterocycles. The molecule has 0 spiro atoms. The number of hydrogen-bond donors (Lipinski definition) is 1. The van der Waals surface area contributed by atoms with E-state index in [1.165, 1.54) is 25.9 Å². The first-order chi connectivity index (χ1) is 12.2. The van der Waals surface area contributed by atoms with Crippen molar-refractivity contribution in [3.05, 3.63) is 50.7 Å². The minimum atomic E-state index is -0.687. The van der Waals surface area contributed by atoms with Gasteiger partial charge in [0.1, 0.15) is 11.4 Å². The van der Waals surface area contributed by atoms with E-state index in [2.05, 4.69) is 4.98 Å². The van der Waals surface area contributed by atoms with Gasteiger partial charge in [0.2, 0.25) is 0 Å². The third-order valence-electron chi connectivity index (χ3n) is 4.35. The Balaban J connectivity index is 2.00. The van der Waals surface area contributed by atoms with Gasteiger partial charge in [-0.25, -0.2) is 9.78 Å². The summed E-state index contributed by atoms with van der Waals surface area (Å²) in [5, 5.41) is 0.0604. The molecule has 0 unspecified atom stereocenters. The molecule has 0 aliphatic carbocycles. The molecule has 26 heavy (non-hydrogen) atoms. The zero-order valence-corrected chi connectivity index (χ0v) is 15.7. The number of nitrogens with two attached hydrogens (primary N) is 1. The van der Waals surface area contributed by atoms with Crippen LogP contribution >= 0.6 is 11.8 Å². The molecular weight excluding hydrogens is 354 g/mol. The molecular formula is C17H19N5O3S. The minimum Gasteiger partial charge on any atom is -0.384 e. The lowest BCUT2D eigenvalue weighted by Crippen LogP contribution is -2.42. The summed E-state index contributed by atoms with van der Waals surface area (Å²) < 4.78 is 3.88. The van der Waals surface area contributed by atoms with Gasteiger partial charge in [-0.15, -0.1) is 0 Å². The topological polar surface area (TPSA) is 105 Å². The Kier molecular flexibility index (Phi) is 4.49. The van der Waals surface area contributed by atoms with Crippen molar-refractivity contribution in [2.45, 2.75) is 17.3 Å². The molecule has 2 heterocycles. The Labute approximate surface area is 153 Å². The molecule has 0 aliphatic heterocycles. The number of benzene rings is 1. The molecule has 8 nitrogen and oxygen atoms in total. The average Bonchev–Trinajstić information content (AvgIpc) is 2.94. The number of aryl methyl sites for hydroxylation is 1. The molecule has 3 aromatic rings. The smallest absolute Gasteiger partial charge is 0.332 e. The van der Waals surface area contributed by atoms with Crippen molar-refractivity contribution in [2.75, 3.05) is 5.73 Å². The Bertz CT molecular complexity index is 1140. The van der Waals surface area contributed by atoms with Crippen LogP contribution in [0.3, 0.4) is 0 Å². The number of nitrogen functional groups attached to an aromatic ring is 1. The van der Waals surface area contributed by atoms with E-state index >= 15 is 0 Å². The Hall–Kier alpha value is -2.81. The quantitative estimate of drug-likeness (QED) is 0.538. The summed E-state index contributed by atoms with van der Waals surface area (Å²) in [4.78, 5) is 41.7. The fourth-order valence-corrected chi connectivity index (χ4v) is 3.68. The van der Waals surface area contributed by atoms with E-state index in [1.54, 1.807) is 6.92 Å². The molecule has 0 saturated carbocycles. The summed E-state index contributed by atoms with van der Waals surface area (Å²) in [6.07, 6.45) is 0. The monoisotopic (exact) mass is 373 g/mol. The highest BCUT2D eigenvalue weighted by Crippen LogP contribution is 2.28. The van der Waals surface area contributed by atoms with Crippen LogP contribution in [0.1, 0.15) is 17.3 Å². The largest absolute Gasteiger partial charge is 0.384 e. The lowest BCUT2D eigenvalue weighted by molar-refractivity contribution is 0.0992. The number of thioether (sulfide) groups is 1. The number of Topliss-reactive ketones (excluding diaryl/α,β-unsaturated/α-hetero) is 1. The third kappa shape index (κ3) is 2.74. The van der Waals surface area contributed by atoms with E-state index in [1.807, 2.05) is 35.9 Å². The lowest BCUT2D eigenvalue weighted by Gasteiger charge is -2.14. The summed E-state index contributed by atoms with van der Waals surface area (Å²) >= 11 is 1.24. The predicted molar refractivity (Wildman–Crippen MR) is 102 cm³/mol. The first-order valence-corrected chi connectivity index (χ1v) is 8.79. The first-order valence-electron chi connectivity index (χ1n) is 7.91. The number of nitrogens with zero attached hydrogens (tertiary/aromatic N) is 4. The van der Waals surface area contributed by atoms with Gasteiger partial charge in [0.05, 0.1) is 16.3 Å². The second-order valence-electron chi connectivity index (χ2n) is 6.03. The maximum Gasteiger partial charge on any atom is 0.332 e. The Morgan fingerprint density at radius 1 is 1.12 bits per heavy atom. The second-order valence-corrected chi connectivity index (χ2v) is 7.34. The Morgan fingerprint density at radius 3 is 2.42 bits per heavy atom. The van der Waals surface area contributed by atoms with Crippen LogP contribution in [0.4, 0.5) is 5.82 Å². The summed E-state index contributed by atoms with van der Waals surface area (Å²) in [5.74, 6) is -0.559. The third-order valence-corrected chi connectivity index (χ3v) is 5.50. The van der Waals surface area contributed by atoms with Crippen molar-refractivity contribution >= 4 is 34.4 Å². The number of aromatic nitrogens is 4. The Morgan fingerprint density at radius 2 is 1.77 bits per heavy atom. The number of hydrogen-bond acceptors (Lipinski definition) is 6. The van der Waals surface area contributed by atoms with Gasteiger partial charge in [0.25, 0.3) is 5.56 Å². The summed E-state index contributed by atoms with van der Waals surface area (Å²) in [7, 11) is 4.62. The molecule has 9 heteroatoms. The molecule has 3 rings (SSSR count). The normalized spacial score (nSPS) is 12.5. The van der Waals surface area contributed by atoms with Gasteiger partial charge >= 0.3 is 5.69 Å². The number of para-hydroxylation sites is 2. The number of fused-ring (bicyclic) bond motifs is 1. The van der Waals surface area contributed by atoms with Crippen molar-refractivity contribution < 1.29 is 4.79 Å². The summed E-state index contributed by atoms with van der Waals surface area (Å²) in [6.45, 7) is 1.69. The first kappa shape index (κ1) is 18.0. The molecule has 1 atom stereocenters. The zero-order chi connectivity index (χ0) is 19.2. The van der Waals surface area contributed by atoms with Crippen LogP contribution in [0, 0.1) is 0 Å². The lowest BCUT2D eigenvalue weighted by atomic mass is 10.1. The molecule has 0 saturated heterocycles. The molecule has 136 valence electrons. The van der Waals surface area contributed by atoms with E-state index < -0.39 is 22.3 Å². The maximum atomic E-state index is 12.9. The fourth-order valence-electron chi connectivity index (χ4n) is 2.74. The van der Waals surface area contributed by atoms with Gasteiger partial charge < -0.3 is 10.3 Å². The van der Waals surface area contributed by atoms with Gasteiger partial charge in [0.15, 0.2) is 10.9 Å². The van der Waals surface area contributed by atoms with Crippen molar-refractivity contribution in [1.82, 2.24) is 18.7 Å². The SMILES string of the molecule is C[C@H](Sc1nc2ccccc2n1C)C(=O)c1c(N)n(C)c(=O)n(C)c1=O.